The molecule has 14 heteroatoms. The van der Waals surface area contributed by atoms with Crippen LogP contribution in [-0.2, 0) is 20.8 Å². The lowest BCUT2D eigenvalue weighted by Gasteiger charge is -2.42. The van der Waals surface area contributed by atoms with E-state index in [1.165, 1.54) is 0 Å². The first kappa shape index (κ1) is 38.9. The lowest BCUT2D eigenvalue weighted by Crippen LogP contribution is -2.58. The third kappa shape index (κ3) is 10.2. The second-order valence-electron chi connectivity index (χ2n) is 14.6. The van der Waals surface area contributed by atoms with Gasteiger partial charge < -0.3 is 35.5 Å². The van der Waals surface area contributed by atoms with Crippen molar-refractivity contribution in [2.75, 3.05) is 48.4 Å². The van der Waals surface area contributed by atoms with E-state index in [2.05, 4.69) is 30.8 Å². The molecule has 1 fully saturated rings. The van der Waals surface area contributed by atoms with Crippen LogP contribution >= 0.6 is 0 Å². The van der Waals surface area contributed by atoms with Gasteiger partial charge in [-0.05, 0) is 68.0 Å². The average Bonchev–Trinajstić information content (AvgIpc) is 3.16. The maximum Gasteiger partial charge on any atom is 0.412 e. The fourth-order valence-corrected chi connectivity index (χ4v) is 6.73. The molecule has 4 heterocycles. The van der Waals surface area contributed by atoms with Crippen molar-refractivity contribution < 1.29 is 28.6 Å². The Labute approximate surface area is 320 Å². The van der Waals surface area contributed by atoms with Crippen LogP contribution in [-0.4, -0.2) is 84.8 Å². The highest BCUT2D eigenvalue weighted by Gasteiger charge is 2.37. The van der Waals surface area contributed by atoms with Gasteiger partial charge in [-0.2, -0.15) is 0 Å². The lowest BCUT2D eigenvalue weighted by molar-refractivity contribution is 0.0487. The summed E-state index contributed by atoms with van der Waals surface area (Å²) < 4.78 is 16.6. The topological polar surface area (TPSA) is 182 Å². The molecule has 2 aliphatic rings. The molecule has 3 atom stereocenters. The van der Waals surface area contributed by atoms with E-state index >= 15 is 0 Å². The van der Waals surface area contributed by atoms with Gasteiger partial charge in [0, 0.05) is 37.4 Å². The number of piperidine rings is 1. The zero-order valence-electron chi connectivity index (χ0n) is 31.6. The van der Waals surface area contributed by atoms with Crippen molar-refractivity contribution in [2.24, 2.45) is 16.6 Å². The molecule has 4 aromatic rings. The SMILES string of the molecule is CC1CN(c2ccncc2NC(=O)c2nc3cc(C4=CCOCC4)ccc3cc2NC(=O)OCc2ccccc2)CC(NC(=O)OC(C)(C)C)C1N=CCN. The number of pyridine rings is 2. The second kappa shape index (κ2) is 17.5. The normalized spacial score (nSPS) is 18.7. The monoisotopic (exact) mass is 748 g/mol. The number of hydrogen-bond acceptors (Lipinski definition) is 11. The number of hydrogen-bond donors (Lipinski definition) is 4. The summed E-state index contributed by atoms with van der Waals surface area (Å²) in [6.45, 7) is 9.86. The van der Waals surface area contributed by atoms with Crippen LogP contribution in [0.1, 0.15) is 55.7 Å². The summed E-state index contributed by atoms with van der Waals surface area (Å²) in [6, 6.07) is 18.0. The van der Waals surface area contributed by atoms with Crippen molar-refractivity contribution in [2.45, 2.75) is 58.4 Å². The van der Waals surface area contributed by atoms with Gasteiger partial charge in [0.2, 0.25) is 0 Å². The van der Waals surface area contributed by atoms with Crippen LogP contribution in [0.15, 0.2) is 84.1 Å². The Balaban J connectivity index is 1.29. The number of fused-ring (bicyclic) bond motifs is 1. The molecule has 0 aliphatic carbocycles. The molecule has 3 amide bonds. The lowest BCUT2D eigenvalue weighted by atomic mass is 9.89. The van der Waals surface area contributed by atoms with Gasteiger partial charge in [0.1, 0.15) is 12.2 Å². The number of carbonyl (C=O) groups is 3. The molecule has 288 valence electrons. The molecule has 2 aliphatic heterocycles. The molecule has 14 nitrogen and oxygen atoms in total. The Morgan fingerprint density at radius 3 is 2.60 bits per heavy atom. The fraction of sp³-hybridized carbons (Fsp3) is 0.366. The van der Waals surface area contributed by atoms with Gasteiger partial charge in [-0.15, -0.1) is 0 Å². The van der Waals surface area contributed by atoms with Crippen molar-refractivity contribution in [1.29, 1.82) is 0 Å². The van der Waals surface area contributed by atoms with E-state index < -0.39 is 29.7 Å². The molecule has 3 unspecified atom stereocenters. The Hall–Kier alpha value is -5.86. The molecule has 0 saturated carbocycles. The molecule has 1 saturated heterocycles. The molecule has 2 aromatic heterocycles. The van der Waals surface area contributed by atoms with Crippen molar-refractivity contribution in [3.8, 4) is 0 Å². The smallest absolute Gasteiger partial charge is 0.412 e. The predicted octanol–water partition coefficient (Wildman–Crippen LogP) is 6.18. The van der Waals surface area contributed by atoms with Crippen molar-refractivity contribution in [1.82, 2.24) is 15.3 Å². The van der Waals surface area contributed by atoms with E-state index in [0.29, 0.717) is 43.2 Å². The van der Waals surface area contributed by atoms with Crippen LogP contribution in [0.3, 0.4) is 0 Å². The number of aliphatic imine (C=N–C) groups is 1. The molecule has 55 heavy (non-hydrogen) atoms. The highest BCUT2D eigenvalue weighted by molar-refractivity contribution is 6.11. The number of nitrogens with two attached hydrogens (primary N) is 1. The summed E-state index contributed by atoms with van der Waals surface area (Å²) in [6.07, 6.45) is 6.38. The van der Waals surface area contributed by atoms with Crippen LogP contribution in [0.4, 0.5) is 26.7 Å². The van der Waals surface area contributed by atoms with Gasteiger partial charge in [-0.25, -0.2) is 14.6 Å². The number of aromatic nitrogens is 2. The number of rotatable bonds is 10. The number of ether oxygens (including phenoxy) is 3. The zero-order valence-corrected chi connectivity index (χ0v) is 31.6. The Bertz CT molecular complexity index is 2070. The Morgan fingerprint density at radius 1 is 1.04 bits per heavy atom. The molecular formula is C41H48N8O6. The maximum absolute atomic E-state index is 14.3. The maximum atomic E-state index is 14.3. The third-order valence-electron chi connectivity index (χ3n) is 9.21. The van der Waals surface area contributed by atoms with Crippen molar-refractivity contribution in [3.05, 3.63) is 96.0 Å². The molecule has 0 radical (unpaired) electrons. The van der Waals surface area contributed by atoms with E-state index in [-0.39, 0.29) is 36.5 Å². The number of carbonyl (C=O) groups excluding carboxylic acids is 3. The number of nitrogens with one attached hydrogen (secondary N) is 3. The van der Waals surface area contributed by atoms with E-state index in [0.717, 1.165) is 28.5 Å². The summed E-state index contributed by atoms with van der Waals surface area (Å²) in [7, 11) is 0. The summed E-state index contributed by atoms with van der Waals surface area (Å²) in [5.41, 5.74) is 9.84. The molecule has 5 N–H and O–H groups in total. The minimum Gasteiger partial charge on any atom is -0.444 e. The van der Waals surface area contributed by atoms with Gasteiger partial charge in [0.15, 0.2) is 5.69 Å². The number of alkyl carbamates (subject to hydrolysis) is 1. The minimum atomic E-state index is -0.734. The molecule has 0 bridgehead atoms. The van der Waals surface area contributed by atoms with Gasteiger partial charge in [-0.1, -0.05) is 55.5 Å². The van der Waals surface area contributed by atoms with E-state index in [4.69, 9.17) is 24.9 Å². The van der Waals surface area contributed by atoms with Crippen molar-refractivity contribution >= 4 is 57.8 Å². The van der Waals surface area contributed by atoms with Crippen LogP contribution in [0.25, 0.3) is 16.5 Å². The number of benzene rings is 2. The quantitative estimate of drug-likeness (QED) is 0.137. The van der Waals surface area contributed by atoms with Crippen LogP contribution in [0.2, 0.25) is 0 Å². The van der Waals surface area contributed by atoms with Crippen LogP contribution < -0.4 is 26.6 Å². The third-order valence-corrected chi connectivity index (χ3v) is 9.21. The van der Waals surface area contributed by atoms with Gasteiger partial charge >= 0.3 is 12.2 Å². The summed E-state index contributed by atoms with van der Waals surface area (Å²) >= 11 is 0. The van der Waals surface area contributed by atoms with E-state index in [1.807, 2.05) is 61.5 Å². The highest BCUT2D eigenvalue weighted by Crippen LogP contribution is 2.33. The Morgan fingerprint density at radius 2 is 1.85 bits per heavy atom. The largest absolute Gasteiger partial charge is 0.444 e. The van der Waals surface area contributed by atoms with Gasteiger partial charge in [0.25, 0.3) is 5.91 Å². The predicted molar refractivity (Wildman–Crippen MR) is 213 cm³/mol. The minimum absolute atomic E-state index is 0.00950. The molecule has 6 rings (SSSR count). The standard InChI is InChI=1S/C41H48N8O6/c1-26-23-49(24-34(36(26)44-17-15-42)48-40(52)55-41(2,3)4)35-12-16-43-22-33(35)46-38(50)37-32(47-39(51)54-25-27-8-6-5-7-9-27)21-30-11-10-29(20-31(30)45-37)28-13-18-53-19-14-28/h5-13,16-17,20-22,26,34,36H,14-15,18-19,23-25,42H2,1-4H3,(H,46,50)(H,47,51)(H,48,52). The number of anilines is 3. The summed E-state index contributed by atoms with van der Waals surface area (Å²) in [5, 5.41) is 9.49. The number of amides is 3. The van der Waals surface area contributed by atoms with E-state index in [1.54, 1.807) is 51.5 Å². The van der Waals surface area contributed by atoms with E-state index in [9.17, 15) is 14.4 Å². The first-order valence-corrected chi connectivity index (χ1v) is 18.4. The number of nitrogens with zero attached hydrogens (tertiary/aromatic N) is 4. The van der Waals surface area contributed by atoms with Crippen LogP contribution in [0.5, 0.6) is 0 Å². The first-order valence-electron chi connectivity index (χ1n) is 18.4. The molecule has 0 spiro atoms. The van der Waals surface area contributed by atoms with Gasteiger partial charge in [0.05, 0.1) is 54.1 Å². The summed E-state index contributed by atoms with van der Waals surface area (Å²) in [4.78, 5) is 56.2. The highest BCUT2D eigenvalue weighted by atomic mass is 16.6. The first-order chi connectivity index (χ1) is 26.5. The van der Waals surface area contributed by atoms with Crippen molar-refractivity contribution in [3.63, 3.8) is 0 Å². The van der Waals surface area contributed by atoms with Crippen LogP contribution in [0, 0.1) is 5.92 Å². The molecule has 2 aromatic carbocycles. The second-order valence-corrected chi connectivity index (χ2v) is 14.6. The zero-order chi connectivity index (χ0) is 39.0. The van der Waals surface area contributed by atoms with Gasteiger partial charge in [-0.3, -0.25) is 20.1 Å². The average molecular weight is 749 g/mol. The fourth-order valence-electron chi connectivity index (χ4n) is 6.73. The Kier molecular flexibility index (Phi) is 12.4. The summed E-state index contributed by atoms with van der Waals surface area (Å²) in [5.74, 6) is -0.586. The molecular weight excluding hydrogens is 701 g/mol.